The normalized spacial score (nSPS) is 16.5. The van der Waals surface area contributed by atoms with Crippen LogP contribution in [0.4, 0.5) is 0 Å². The third-order valence-electron chi connectivity index (χ3n) is 0.943. The van der Waals surface area contributed by atoms with Crippen LogP contribution in [0.25, 0.3) is 0 Å². The van der Waals surface area contributed by atoms with Gasteiger partial charge in [0.25, 0.3) is 0 Å². The van der Waals surface area contributed by atoms with E-state index in [1.165, 1.54) is 0 Å². The standard InChI is InChI=1S/C7H14NO2P/c1-4-9-11(2,3)10-7-5-6-8/h2,4-5,7H2,1,3H3/i1D. The SMILES string of the molecule is [2H]CCOP(=C)(C)OCCC#N. The lowest BCUT2D eigenvalue weighted by Gasteiger charge is -2.17. The summed E-state index contributed by atoms with van der Waals surface area (Å²) in [5.41, 5.74) is 0. The number of nitrogens with zero attached hydrogens (tertiary/aromatic N) is 1. The summed E-state index contributed by atoms with van der Waals surface area (Å²) in [7, 11) is -2.01. The molecule has 0 fully saturated rings. The van der Waals surface area contributed by atoms with Crippen molar-refractivity contribution in [3.8, 4) is 6.07 Å². The van der Waals surface area contributed by atoms with E-state index in [0.29, 0.717) is 19.6 Å². The van der Waals surface area contributed by atoms with Gasteiger partial charge >= 0.3 is 0 Å². The Labute approximate surface area is 69.5 Å². The predicted molar refractivity (Wildman–Crippen MR) is 47.8 cm³/mol. The Hall–Kier alpha value is -0.290. The lowest BCUT2D eigenvalue weighted by Crippen LogP contribution is -1.95. The second kappa shape index (κ2) is 5.37. The zero-order valence-corrected chi connectivity index (χ0v) is 7.64. The van der Waals surface area contributed by atoms with E-state index in [4.69, 9.17) is 15.7 Å². The first-order valence-corrected chi connectivity index (χ1v) is 5.54. The van der Waals surface area contributed by atoms with Crippen LogP contribution in [0.5, 0.6) is 0 Å². The highest BCUT2D eigenvalue weighted by molar-refractivity contribution is 7.63. The molecule has 0 spiro atoms. The van der Waals surface area contributed by atoms with Crippen LogP contribution in [-0.2, 0) is 9.05 Å². The molecular formula is C7H14NO2P. The summed E-state index contributed by atoms with van der Waals surface area (Å²) in [5, 5.41) is 8.23. The molecule has 4 heteroatoms. The molecule has 0 aromatic heterocycles. The number of hydrogen-bond donors (Lipinski definition) is 0. The maximum Gasteiger partial charge on any atom is 0.114 e. The maximum atomic E-state index is 8.23. The largest absolute Gasteiger partial charge is 0.338 e. The van der Waals surface area contributed by atoms with Gasteiger partial charge in [0.2, 0.25) is 0 Å². The Morgan fingerprint density at radius 1 is 1.73 bits per heavy atom. The van der Waals surface area contributed by atoms with Crippen molar-refractivity contribution in [2.24, 2.45) is 0 Å². The molecule has 11 heavy (non-hydrogen) atoms. The molecule has 0 heterocycles. The van der Waals surface area contributed by atoms with Crippen LogP contribution in [0.15, 0.2) is 0 Å². The summed E-state index contributed by atoms with van der Waals surface area (Å²) in [5.74, 6) is 0. The molecule has 0 aliphatic carbocycles. The highest BCUT2D eigenvalue weighted by Crippen LogP contribution is 2.42. The summed E-state index contributed by atoms with van der Waals surface area (Å²) >= 11 is 0. The van der Waals surface area contributed by atoms with Crippen molar-refractivity contribution < 1.29 is 10.4 Å². The minimum atomic E-state index is -2.01. The van der Waals surface area contributed by atoms with E-state index in [-0.39, 0.29) is 6.90 Å². The van der Waals surface area contributed by atoms with E-state index in [9.17, 15) is 0 Å². The maximum absolute atomic E-state index is 8.23. The third-order valence-corrected chi connectivity index (χ3v) is 2.40. The van der Waals surface area contributed by atoms with Crippen LogP contribution in [0.1, 0.15) is 14.7 Å². The molecule has 0 aromatic carbocycles. The van der Waals surface area contributed by atoms with Gasteiger partial charge in [0.1, 0.15) is 7.34 Å². The molecule has 0 saturated carbocycles. The topological polar surface area (TPSA) is 42.2 Å². The van der Waals surface area contributed by atoms with Crippen molar-refractivity contribution in [1.29, 1.82) is 5.26 Å². The first kappa shape index (κ1) is 8.80. The Morgan fingerprint density at radius 3 is 3.00 bits per heavy atom. The third kappa shape index (κ3) is 6.12. The van der Waals surface area contributed by atoms with Gasteiger partial charge in [-0.05, 0) is 6.90 Å². The fourth-order valence-corrected chi connectivity index (χ4v) is 1.45. The van der Waals surface area contributed by atoms with Crippen LogP contribution in [0.3, 0.4) is 0 Å². The molecule has 0 bridgehead atoms. The molecule has 0 amide bonds. The fourth-order valence-electron chi connectivity index (χ4n) is 0.515. The second-order valence-corrected chi connectivity index (χ2v) is 4.63. The van der Waals surface area contributed by atoms with Crippen LogP contribution >= 0.6 is 7.34 Å². The van der Waals surface area contributed by atoms with Crippen LogP contribution in [-0.4, -0.2) is 26.2 Å². The lowest BCUT2D eigenvalue weighted by atomic mass is 10.5. The average Bonchev–Trinajstić information content (AvgIpc) is 2.01. The molecule has 0 aromatic rings. The molecule has 0 saturated heterocycles. The Bertz CT molecular complexity index is 202. The number of rotatable bonds is 5. The summed E-state index contributed by atoms with van der Waals surface area (Å²) in [6.45, 7) is 2.70. The Kier molecular flexibility index (Phi) is 4.30. The molecule has 0 N–H and O–H groups in total. The minimum absolute atomic E-state index is 0.215. The van der Waals surface area contributed by atoms with Gasteiger partial charge in [-0.3, -0.25) is 0 Å². The first-order chi connectivity index (χ1) is 5.62. The second-order valence-electron chi connectivity index (χ2n) is 2.09. The van der Waals surface area contributed by atoms with E-state index >= 15 is 0 Å². The highest BCUT2D eigenvalue weighted by atomic mass is 31.2. The Morgan fingerprint density at radius 2 is 2.45 bits per heavy atom. The molecule has 0 aliphatic rings. The predicted octanol–water partition coefficient (Wildman–Crippen LogP) is 1.86. The van der Waals surface area contributed by atoms with E-state index in [0.717, 1.165) is 0 Å². The van der Waals surface area contributed by atoms with Gasteiger partial charge in [-0.25, -0.2) is 0 Å². The van der Waals surface area contributed by atoms with Crippen LogP contribution in [0, 0.1) is 11.3 Å². The summed E-state index contributed by atoms with van der Waals surface area (Å²) in [6.07, 6.45) is 4.11. The molecule has 64 valence electrons. The summed E-state index contributed by atoms with van der Waals surface area (Å²) in [6, 6.07) is 1.97. The van der Waals surface area contributed by atoms with E-state index in [2.05, 4.69) is 6.30 Å². The molecule has 1 atom stereocenters. The van der Waals surface area contributed by atoms with Crippen molar-refractivity contribution in [3.05, 3.63) is 0 Å². The zero-order chi connectivity index (χ0) is 9.45. The van der Waals surface area contributed by atoms with Gasteiger partial charge in [-0.2, -0.15) is 5.26 Å². The van der Waals surface area contributed by atoms with Gasteiger partial charge in [0.05, 0.1) is 25.7 Å². The minimum Gasteiger partial charge on any atom is -0.338 e. The van der Waals surface area contributed by atoms with Gasteiger partial charge in [0.15, 0.2) is 0 Å². The monoisotopic (exact) mass is 176 g/mol. The molecule has 0 aliphatic heterocycles. The van der Waals surface area contributed by atoms with Crippen molar-refractivity contribution >= 4 is 13.6 Å². The average molecular weight is 176 g/mol. The van der Waals surface area contributed by atoms with Gasteiger partial charge in [0, 0.05) is 8.04 Å². The van der Waals surface area contributed by atoms with Crippen LogP contribution < -0.4 is 0 Å². The highest BCUT2D eigenvalue weighted by Gasteiger charge is 2.05. The van der Waals surface area contributed by atoms with Crippen molar-refractivity contribution in [2.75, 3.05) is 19.9 Å². The lowest BCUT2D eigenvalue weighted by molar-refractivity contribution is 0.263. The van der Waals surface area contributed by atoms with Gasteiger partial charge in [-0.1, -0.05) is 6.30 Å². The van der Waals surface area contributed by atoms with Crippen molar-refractivity contribution in [3.63, 3.8) is 0 Å². The van der Waals surface area contributed by atoms with Crippen molar-refractivity contribution in [2.45, 2.75) is 13.3 Å². The fraction of sp³-hybridized carbons (Fsp3) is 0.714. The Balaban J connectivity index is 3.58. The van der Waals surface area contributed by atoms with Crippen molar-refractivity contribution in [1.82, 2.24) is 0 Å². The van der Waals surface area contributed by atoms with E-state index < -0.39 is 7.34 Å². The molecule has 0 rings (SSSR count). The number of hydrogen-bond acceptors (Lipinski definition) is 3. The molecular weight excluding hydrogens is 161 g/mol. The number of nitriles is 1. The molecule has 1 unspecified atom stereocenters. The summed E-state index contributed by atoms with van der Waals surface area (Å²) in [4.78, 5) is 0. The van der Waals surface area contributed by atoms with Gasteiger partial charge < -0.3 is 9.05 Å². The first-order valence-electron chi connectivity index (χ1n) is 3.99. The molecule has 3 nitrogen and oxygen atoms in total. The molecule has 0 radical (unpaired) electrons. The van der Waals surface area contributed by atoms with E-state index in [1.54, 1.807) is 6.66 Å². The zero-order valence-electron chi connectivity index (χ0n) is 7.75. The van der Waals surface area contributed by atoms with Gasteiger partial charge in [-0.15, -0.1) is 0 Å². The van der Waals surface area contributed by atoms with E-state index in [1.807, 2.05) is 6.07 Å². The smallest absolute Gasteiger partial charge is 0.114 e. The van der Waals surface area contributed by atoms with Crippen LogP contribution in [0.2, 0.25) is 0 Å². The quantitative estimate of drug-likeness (QED) is 0.474. The summed E-state index contributed by atoms with van der Waals surface area (Å²) < 4.78 is 17.3.